The highest BCUT2D eigenvalue weighted by molar-refractivity contribution is 7.70. The molecule has 1 aliphatic rings. The third-order valence-electron chi connectivity index (χ3n) is 5.10. The maximum atomic E-state index is 12.6. The molecule has 10 heteroatoms. The second-order valence-electron chi connectivity index (χ2n) is 7.73. The minimum absolute atomic E-state index is 0.370. The molecule has 5 rings (SSSR count). The van der Waals surface area contributed by atoms with Crippen LogP contribution in [0.2, 0.25) is 5.02 Å². The molecule has 0 fully saturated rings. The van der Waals surface area contributed by atoms with E-state index < -0.39 is 7.14 Å². The fourth-order valence-corrected chi connectivity index (χ4v) is 4.96. The number of halogens is 1. The van der Waals surface area contributed by atoms with Crippen molar-refractivity contribution in [1.29, 1.82) is 0 Å². The summed E-state index contributed by atoms with van der Waals surface area (Å²) in [5.74, 6) is 1.72. The van der Waals surface area contributed by atoms with Crippen LogP contribution >= 0.6 is 18.7 Å². The van der Waals surface area contributed by atoms with Crippen molar-refractivity contribution >= 4 is 64.2 Å². The molecule has 0 radical (unpaired) electrons. The molecular formula is C21H21ClN7OP. The second-order valence-corrected chi connectivity index (χ2v) is 11.3. The molecule has 158 valence electrons. The number of nitrogens with zero attached hydrogens (tertiary/aromatic N) is 4. The van der Waals surface area contributed by atoms with E-state index in [0.717, 1.165) is 41.1 Å². The standard InChI is InChI=1S/C21H21ClN7OP/c1-31(2,30)18-6-4-3-5-15(18)26-19-14(22)12-24-20(28-19)25-13-7-8-17-16(11-13)27-21-23-9-10-29(17)21/h3-8,11-12H,9-10H2,1-2H3,(H,23,27)(H2,24,25,26,28). The van der Waals surface area contributed by atoms with E-state index in [4.69, 9.17) is 11.6 Å². The summed E-state index contributed by atoms with van der Waals surface area (Å²) in [5, 5.41) is 10.8. The van der Waals surface area contributed by atoms with Gasteiger partial charge in [-0.3, -0.25) is 0 Å². The van der Waals surface area contributed by atoms with Crippen LogP contribution in [0.15, 0.2) is 48.7 Å². The van der Waals surface area contributed by atoms with Crippen molar-refractivity contribution in [3.05, 3.63) is 53.7 Å². The lowest BCUT2D eigenvalue weighted by atomic mass is 10.2. The summed E-state index contributed by atoms with van der Waals surface area (Å²) in [7, 11) is -2.48. The number of hydrogen-bond donors (Lipinski definition) is 3. The lowest BCUT2D eigenvalue weighted by molar-refractivity contribution is 0.588. The summed E-state index contributed by atoms with van der Waals surface area (Å²) >= 11 is 6.33. The first-order chi connectivity index (χ1) is 14.9. The molecule has 31 heavy (non-hydrogen) atoms. The zero-order chi connectivity index (χ0) is 21.6. The van der Waals surface area contributed by atoms with Crippen LogP contribution in [-0.4, -0.2) is 39.4 Å². The molecule has 8 nitrogen and oxygen atoms in total. The quantitative estimate of drug-likeness (QED) is 0.379. The molecule has 0 bridgehead atoms. The topological polar surface area (TPSA) is 96.8 Å². The minimum atomic E-state index is -2.48. The first-order valence-electron chi connectivity index (χ1n) is 9.84. The average Bonchev–Trinajstić information content (AvgIpc) is 3.31. The summed E-state index contributed by atoms with van der Waals surface area (Å²) in [6.45, 7) is 5.29. The fourth-order valence-electron chi connectivity index (χ4n) is 3.67. The molecule has 0 saturated carbocycles. The van der Waals surface area contributed by atoms with Gasteiger partial charge < -0.3 is 25.1 Å². The van der Waals surface area contributed by atoms with Crippen molar-refractivity contribution in [3.8, 4) is 0 Å². The average molecular weight is 454 g/mol. The fraction of sp³-hybridized carbons (Fsp3) is 0.190. The smallest absolute Gasteiger partial charge is 0.229 e. The Morgan fingerprint density at radius 1 is 1.13 bits per heavy atom. The van der Waals surface area contributed by atoms with Gasteiger partial charge in [0.05, 0.1) is 22.9 Å². The molecule has 1 aliphatic heterocycles. The van der Waals surface area contributed by atoms with Crippen LogP contribution in [0, 0.1) is 0 Å². The van der Waals surface area contributed by atoms with E-state index in [1.807, 2.05) is 42.5 Å². The van der Waals surface area contributed by atoms with Gasteiger partial charge >= 0.3 is 0 Å². The number of para-hydroxylation sites is 1. The molecule has 0 aliphatic carbocycles. The molecule has 0 spiro atoms. The molecule has 0 amide bonds. The molecule has 0 unspecified atom stereocenters. The molecule has 2 aromatic carbocycles. The highest BCUT2D eigenvalue weighted by atomic mass is 35.5. The van der Waals surface area contributed by atoms with E-state index in [0.29, 0.717) is 22.5 Å². The number of fused-ring (bicyclic) bond motifs is 3. The predicted octanol–water partition coefficient (Wildman–Crippen LogP) is 4.64. The Bertz CT molecular complexity index is 1350. The van der Waals surface area contributed by atoms with Crippen LogP contribution < -0.4 is 21.3 Å². The molecule has 0 saturated heterocycles. The zero-order valence-corrected chi connectivity index (χ0v) is 18.7. The normalized spacial score (nSPS) is 13.1. The molecule has 4 aromatic rings. The summed E-state index contributed by atoms with van der Waals surface area (Å²) in [6.07, 6.45) is 1.53. The number of imidazole rings is 1. The SMILES string of the molecule is CP(C)(=O)c1ccccc1Nc1nc(Nc2ccc3c(c2)nc2n3CCN2)ncc1Cl. The summed E-state index contributed by atoms with van der Waals surface area (Å²) in [5.41, 5.74) is 3.52. The van der Waals surface area contributed by atoms with Crippen molar-refractivity contribution in [2.45, 2.75) is 6.54 Å². The van der Waals surface area contributed by atoms with Crippen LogP contribution in [-0.2, 0) is 11.1 Å². The summed E-state index contributed by atoms with van der Waals surface area (Å²) < 4.78 is 14.8. The first kappa shape index (κ1) is 19.8. The van der Waals surface area contributed by atoms with Gasteiger partial charge in [-0.15, -0.1) is 0 Å². The Hall–Kier alpha value is -3.09. The second kappa shape index (κ2) is 7.55. The maximum Gasteiger partial charge on any atom is 0.229 e. The van der Waals surface area contributed by atoms with Crippen LogP contribution in [0.3, 0.4) is 0 Å². The van der Waals surface area contributed by atoms with E-state index in [2.05, 4.69) is 35.5 Å². The highest BCUT2D eigenvalue weighted by Gasteiger charge is 2.18. The number of rotatable bonds is 5. The van der Waals surface area contributed by atoms with Gasteiger partial charge in [0.1, 0.15) is 12.2 Å². The number of hydrogen-bond acceptors (Lipinski definition) is 7. The lowest BCUT2D eigenvalue weighted by Crippen LogP contribution is -2.10. The highest BCUT2D eigenvalue weighted by Crippen LogP contribution is 2.38. The Kier molecular flexibility index (Phi) is 4.84. The van der Waals surface area contributed by atoms with E-state index in [1.165, 1.54) is 6.20 Å². The third kappa shape index (κ3) is 3.84. The lowest BCUT2D eigenvalue weighted by Gasteiger charge is -2.15. The third-order valence-corrected chi connectivity index (χ3v) is 6.93. The van der Waals surface area contributed by atoms with Gasteiger partial charge in [0.25, 0.3) is 0 Å². The van der Waals surface area contributed by atoms with Crippen molar-refractivity contribution in [2.75, 3.05) is 35.8 Å². The molecular weight excluding hydrogens is 433 g/mol. The van der Waals surface area contributed by atoms with Gasteiger partial charge in [0.15, 0.2) is 5.82 Å². The Labute approximate surface area is 184 Å². The number of benzene rings is 2. The van der Waals surface area contributed by atoms with E-state index >= 15 is 0 Å². The van der Waals surface area contributed by atoms with Gasteiger partial charge in [-0.1, -0.05) is 23.7 Å². The largest absolute Gasteiger partial charge is 0.354 e. The van der Waals surface area contributed by atoms with Gasteiger partial charge in [-0.05, 0) is 43.7 Å². The molecule has 3 N–H and O–H groups in total. The van der Waals surface area contributed by atoms with Crippen LogP contribution in [0.4, 0.5) is 29.1 Å². The summed E-state index contributed by atoms with van der Waals surface area (Å²) in [6, 6.07) is 13.4. The van der Waals surface area contributed by atoms with E-state index in [9.17, 15) is 4.57 Å². The Morgan fingerprint density at radius 3 is 2.81 bits per heavy atom. The zero-order valence-electron chi connectivity index (χ0n) is 17.1. The minimum Gasteiger partial charge on any atom is -0.354 e. The van der Waals surface area contributed by atoms with Crippen molar-refractivity contribution in [1.82, 2.24) is 19.5 Å². The molecule has 3 heterocycles. The maximum absolute atomic E-state index is 12.6. The molecule has 0 atom stereocenters. The van der Waals surface area contributed by atoms with Gasteiger partial charge in [-0.2, -0.15) is 4.98 Å². The number of aromatic nitrogens is 4. The van der Waals surface area contributed by atoms with Crippen LogP contribution in [0.5, 0.6) is 0 Å². The van der Waals surface area contributed by atoms with E-state index in [1.54, 1.807) is 13.3 Å². The van der Waals surface area contributed by atoms with Crippen LogP contribution in [0.1, 0.15) is 0 Å². The Balaban J connectivity index is 1.43. The van der Waals surface area contributed by atoms with Crippen molar-refractivity contribution < 1.29 is 4.57 Å². The monoisotopic (exact) mass is 453 g/mol. The van der Waals surface area contributed by atoms with Gasteiger partial charge in [-0.25, -0.2) is 9.97 Å². The Morgan fingerprint density at radius 2 is 1.97 bits per heavy atom. The van der Waals surface area contributed by atoms with Crippen molar-refractivity contribution in [2.24, 2.45) is 0 Å². The van der Waals surface area contributed by atoms with Crippen LogP contribution in [0.25, 0.3) is 11.0 Å². The van der Waals surface area contributed by atoms with Gasteiger partial charge in [0.2, 0.25) is 11.9 Å². The summed E-state index contributed by atoms with van der Waals surface area (Å²) in [4.78, 5) is 13.4. The van der Waals surface area contributed by atoms with Crippen molar-refractivity contribution in [3.63, 3.8) is 0 Å². The predicted molar refractivity (Wildman–Crippen MR) is 127 cm³/mol. The molecule has 2 aromatic heterocycles. The van der Waals surface area contributed by atoms with E-state index in [-0.39, 0.29) is 0 Å². The van der Waals surface area contributed by atoms with Gasteiger partial charge in [0, 0.05) is 24.1 Å². The first-order valence-corrected chi connectivity index (χ1v) is 12.8. The number of anilines is 5. The number of nitrogens with one attached hydrogen (secondary N) is 3.